The van der Waals surface area contributed by atoms with E-state index in [-0.39, 0.29) is 35.9 Å². The number of halogens is 2. The third kappa shape index (κ3) is 5.61. The van der Waals surface area contributed by atoms with Crippen LogP contribution in [-0.4, -0.2) is 41.7 Å². The molecule has 8 nitrogen and oxygen atoms in total. The number of amides is 1. The van der Waals surface area contributed by atoms with E-state index in [4.69, 9.17) is 26.8 Å². The Kier molecular flexibility index (Phi) is 7.79. The molecule has 3 rings (SSSR count). The molecule has 1 amide bonds. The number of hydrogen-bond donors (Lipinski definition) is 3. The number of nitrogens with zero attached hydrogens (tertiary/aromatic N) is 2. The van der Waals surface area contributed by atoms with Gasteiger partial charge in [0.15, 0.2) is 5.82 Å². The maximum Gasteiger partial charge on any atom is 0.239 e. The number of fused-ring (bicyclic) bond motifs is 1. The molecule has 0 radical (unpaired) electrons. The van der Waals surface area contributed by atoms with Gasteiger partial charge in [-0.1, -0.05) is 17.7 Å². The lowest BCUT2D eigenvalue weighted by Gasteiger charge is -2.16. The van der Waals surface area contributed by atoms with Crippen LogP contribution < -0.4 is 21.1 Å². The quantitative estimate of drug-likeness (QED) is 0.446. The molecule has 1 atom stereocenters. The Bertz CT molecular complexity index is 1110. The van der Waals surface area contributed by atoms with Crippen molar-refractivity contribution in [2.24, 2.45) is 5.73 Å². The van der Waals surface area contributed by atoms with E-state index in [1.165, 1.54) is 19.5 Å². The summed E-state index contributed by atoms with van der Waals surface area (Å²) in [5, 5.41) is 6.35. The molecular formula is C22H25ClFN5O3. The van der Waals surface area contributed by atoms with Crippen LogP contribution in [0.1, 0.15) is 19.4 Å². The molecule has 0 bridgehead atoms. The third-order valence-corrected chi connectivity index (χ3v) is 4.93. The van der Waals surface area contributed by atoms with Crippen LogP contribution in [0.2, 0.25) is 5.02 Å². The summed E-state index contributed by atoms with van der Waals surface area (Å²) < 4.78 is 25.2. The van der Waals surface area contributed by atoms with Crippen LogP contribution >= 0.6 is 11.6 Å². The molecule has 2 aromatic carbocycles. The van der Waals surface area contributed by atoms with Gasteiger partial charge >= 0.3 is 0 Å². The van der Waals surface area contributed by atoms with Crippen LogP contribution in [-0.2, 0) is 16.1 Å². The van der Waals surface area contributed by atoms with Gasteiger partial charge in [0.1, 0.15) is 23.9 Å². The Labute approximate surface area is 190 Å². The van der Waals surface area contributed by atoms with Crippen molar-refractivity contribution < 1.29 is 18.7 Å². The molecule has 0 aliphatic heterocycles. The predicted octanol–water partition coefficient (Wildman–Crippen LogP) is 3.54. The summed E-state index contributed by atoms with van der Waals surface area (Å²) in [5.74, 6) is -0.0205. The molecule has 4 N–H and O–H groups in total. The van der Waals surface area contributed by atoms with Gasteiger partial charge in [-0.05, 0) is 32.0 Å². The standard InChI is InChI=1S/C22H25ClFN5O3/c1-12(2)32-10-16(25)22(30)26-9-13-7-14-18(8-19(13)31-3)27-11-28-21(14)29-17-6-4-5-15(23)20(17)24/h4-8,11-12,16H,9-10,25H2,1-3H3,(H,26,30)(H,27,28,29)/t16-/m0/s1. The van der Waals surface area contributed by atoms with Crippen molar-refractivity contribution in [3.8, 4) is 5.75 Å². The summed E-state index contributed by atoms with van der Waals surface area (Å²) in [6, 6.07) is 7.35. The van der Waals surface area contributed by atoms with E-state index < -0.39 is 11.9 Å². The number of carbonyl (C=O) groups excluding carboxylic acids is 1. The van der Waals surface area contributed by atoms with E-state index in [0.29, 0.717) is 28.0 Å². The first-order chi connectivity index (χ1) is 15.3. The fourth-order valence-electron chi connectivity index (χ4n) is 2.97. The molecule has 0 saturated heterocycles. The van der Waals surface area contributed by atoms with Gasteiger partial charge in [0, 0.05) is 23.6 Å². The lowest BCUT2D eigenvalue weighted by Crippen LogP contribution is -2.43. The van der Waals surface area contributed by atoms with Crippen molar-refractivity contribution in [3.05, 3.63) is 53.1 Å². The second-order valence-corrected chi connectivity index (χ2v) is 7.74. The molecule has 0 saturated carbocycles. The minimum atomic E-state index is -0.796. The summed E-state index contributed by atoms with van der Waals surface area (Å²) in [4.78, 5) is 20.8. The Morgan fingerprint density at radius 3 is 2.78 bits per heavy atom. The van der Waals surface area contributed by atoms with E-state index in [1.54, 1.807) is 24.3 Å². The monoisotopic (exact) mass is 461 g/mol. The number of nitrogens with two attached hydrogens (primary N) is 1. The maximum absolute atomic E-state index is 14.4. The second kappa shape index (κ2) is 10.5. The van der Waals surface area contributed by atoms with Crippen LogP contribution in [0.15, 0.2) is 36.7 Å². The predicted molar refractivity (Wildman–Crippen MR) is 122 cm³/mol. The number of anilines is 2. The maximum atomic E-state index is 14.4. The minimum absolute atomic E-state index is 0.00350. The van der Waals surface area contributed by atoms with Crippen molar-refractivity contribution in [1.29, 1.82) is 0 Å². The van der Waals surface area contributed by atoms with Crippen LogP contribution in [0.5, 0.6) is 5.75 Å². The first-order valence-corrected chi connectivity index (χ1v) is 10.4. The van der Waals surface area contributed by atoms with Crippen molar-refractivity contribution in [1.82, 2.24) is 15.3 Å². The highest BCUT2D eigenvalue weighted by atomic mass is 35.5. The van der Waals surface area contributed by atoms with Crippen molar-refractivity contribution >= 4 is 39.9 Å². The number of hydrogen-bond acceptors (Lipinski definition) is 7. The largest absolute Gasteiger partial charge is 0.496 e. The molecule has 3 aromatic rings. The summed E-state index contributed by atoms with van der Waals surface area (Å²) in [6.45, 7) is 4.01. The van der Waals surface area contributed by atoms with E-state index in [2.05, 4.69) is 20.6 Å². The zero-order chi connectivity index (χ0) is 23.3. The number of ether oxygens (including phenoxy) is 2. The highest BCUT2D eigenvalue weighted by Gasteiger charge is 2.17. The number of aromatic nitrogens is 2. The fraction of sp³-hybridized carbons (Fsp3) is 0.318. The first-order valence-electron chi connectivity index (χ1n) is 9.97. The molecule has 0 spiro atoms. The Morgan fingerprint density at radius 1 is 1.28 bits per heavy atom. The van der Waals surface area contributed by atoms with Crippen molar-refractivity contribution in [2.45, 2.75) is 32.5 Å². The van der Waals surface area contributed by atoms with Crippen LogP contribution in [0, 0.1) is 5.82 Å². The Hall–Kier alpha value is -3.01. The lowest BCUT2D eigenvalue weighted by atomic mass is 10.1. The van der Waals surface area contributed by atoms with Crippen molar-refractivity contribution in [3.63, 3.8) is 0 Å². The summed E-state index contributed by atoms with van der Waals surface area (Å²) in [5.41, 5.74) is 7.32. The number of carbonyl (C=O) groups is 1. The van der Waals surface area contributed by atoms with Crippen LogP contribution in [0.25, 0.3) is 10.9 Å². The average molecular weight is 462 g/mol. The smallest absolute Gasteiger partial charge is 0.239 e. The van der Waals surface area contributed by atoms with Gasteiger partial charge in [0.2, 0.25) is 5.91 Å². The molecule has 32 heavy (non-hydrogen) atoms. The number of methoxy groups -OCH3 is 1. The van der Waals surface area contributed by atoms with Gasteiger partial charge in [-0.25, -0.2) is 14.4 Å². The van der Waals surface area contributed by atoms with E-state index in [1.807, 2.05) is 13.8 Å². The van der Waals surface area contributed by atoms with Crippen LogP contribution in [0.3, 0.4) is 0 Å². The molecule has 170 valence electrons. The molecule has 0 fully saturated rings. The summed E-state index contributed by atoms with van der Waals surface area (Å²) in [7, 11) is 1.52. The van der Waals surface area contributed by atoms with Gasteiger partial charge < -0.3 is 25.8 Å². The van der Waals surface area contributed by atoms with Crippen molar-refractivity contribution in [2.75, 3.05) is 19.0 Å². The van der Waals surface area contributed by atoms with Gasteiger partial charge in [-0.15, -0.1) is 0 Å². The van der Waals surface area contributed by atoms with Gasteiger partial charge in [0.05, 0.1) is 36.0 Å². The van der Waals surface area contributed by atoms with Gasteiger partial charge in [-0.2, -0.15) is 0 Å². The second-order valence-electron chi connectivity index (χ2n) is 7.34. The molecule has 0 aliphatic rings. The normalized spacial score (nSPS) is 12.1. The van der Waals surface area contributed by atoms with E-state index >= 15 is 0 Å². The number of rotatable bonds is 9. The highest BCUT2D eigenvalue weighted by Crippen LogP contribution is 2.31. The fourth-order valence-corrected chi connectivity index (χ4v) is 3.14. The molecule has 0 unspecified atom stereocenters. The molecule has 1 heterocycles. The lowest BCUT2D eigenvalue weighted by molar-refractivity contribution is -0.124. The Balaban J connectivity index is 1.86. The molecule has 0 aliphatic carbocycles. The highest BCUT2D eigenvalue weighted by molar-refractivity contribution is 6.31. The first kappa shape index (κ1) is 23.6. The SMILES string of the molecule is COc1cc2ncnc(Nc3cccc(Cl)c3F)c2cc1CNC(=O)[C@@H](N)COC(C)C. The van der Waals surface area contributed by atoms with Gasteiger partial charge in [-0.3, -0.25) is 4.79 Å². The Morgan fingerprint density at radius 2 is 2.06 bits per heavy atom. The zero-order valence-corrected chi connectivity index (χ0v) is 18.7. The van der Waals surface area contributed by atoms with E-state index in [9.17, 15) is 9.18 Å². The summed E-state index contributed by atoms with van der Waals surface area (Å²) >= 11 is 5.88. The average Bonchev–Trinajstić information content (AvgIpc) is 2.78. The molecular weight excluding hydrogens is 437 g/mol. The number of nitrogens with one attached hydrogen (secondary N) is 2. The zero-order valence-electron chi connectivity index (χ0n) is 18.0. The third-order valence-electron chi connectivity index (χ3n) is 4.64. The summed E-state index contributed by atoms with van der Waals surface area (Å²) in [6.07, 6.45) is 1.34. The molecule has 10 heteroatoms. The van der Waals surface area contributed by atoms with Crippen LogP contribution in [0.4, 0.5) is 15.9 Å². The van der Waals surface area contributed by atoms with E-state index in [0.717, 1.165) is 0 Å². The van der Waals surface area contributed by atoms with Gasteiger partial charge in [0.25, 0.3) is 0 Å². The molecule has 1 aromatic heterocycles. The topological polar surface area (TPSA) is 111 Å². The minimum Gasteiger partial charge on any atom is -0.496 e. The number of benzene rings is 2.